The number of aromatic nitrogens is 3. The molecule has 150 valence electrons. The molecule has 0 aliphatic carbocycles. The first-order valence-corrected chi connectivity index (χ1v) is 9.83. The van der Waals surface area contributed by atoms with E-state index in [2.05, 4.69) is 21.4 Å². The Hall–Kier alpha value is -2.86. The summed E-state index contributed by atoms with van der Waals surface area (Å²) in [6.45, 7) is 4.03. The third-order valence-electron chi connectivity index (χ3n) is 4.34. The fraction of sp³-hybridized carbons (Fsp3) is 0.421. The van der Waals surface area contributed by atoms with E-state index in [1.807, 2.05) is 26.0 Å². The summed E-state index contributed by atoms with van der Waals surface area (Å²) in [5.74, 6) is 10.4. The number of amides is 1. The maximum absolute atomic E-state index is 12.2. The van der Waals surface area contributed by atoms with E-state index >= 15 is 0 Å². The molecule has 0 saturated carbocycles. The van der Waals surface area contributed by atoms with Gasteiger partial charge in [-0.1, -0.05) is 37.6 Å². The van der Waals surface area contributed by atoms with Crippen molar-refractivity contribution in [3.63, 3.8) is 0 Å². The van der Waals surface area contributed by atoms with Crippen molar-refractivity contribution in [2.24, 2.45) is 0 Å². The van der Waals surface area contributed by atoms with Gasteiger partial charge >= 0.3 is 0 Å². The van der Waals surface area contributed by atoms with E-state index in [1.54, 1.807) is 19.2 Å². The molecule has 28 heavy (non-hydrogen) atoms. The van der Waals surface area contributed by atoms with E-state index < -0.39 is 5.54 Å². The normalized spacial score (nSPS) is 10.9. The van der Waals surface area contributed by atoms with Gasteiger partial charge in [0.05, 0.1) is 12.9 Å². The van der Waals surface area contributed by atoms with Crippen LogP contribution in [0.15, 0.2) is 29.4 Å². The fourth-order valence-electron chi connectivity index (χ4n) is 2.44. The summed E-state index contributed by atoms with van der Waals surface area (Å²) in [7, 11) is 1.59. The molecular weight excluding hydrogens is 378 g/mol. The number of carbonyl (C=O) groups is 1. The molecule has 0 aliphatic rings. The lowest BCUT2D eigenvalue weighted by atomic mass is 9.94. The number of rotatable bonds is 10. The number of methoxy groups -OCH3 is 1. The summed E-state index contributed by atoms with van der Waals surface area (Å²) in [6, 6.07) is 7.21. The second kappa shape index (κ2) is 9.90. The van der Waals surface area contributed by atoms with Crippen molar-refractivity contribution in [3.05, 3.63) is 30.1 Å². The first kappa shape index (κ1) is 21.4. The van der Waals surface area contributed by atoms with Crippen LogP contribution in [0.2, 0.25) is 0 Å². The van der Waals surface area contributed by atoms with Crippen LogP contribution in [0.5, 0.6) is 11.5 Å². The van der Waals surface area contributed by atoms with Gasteiger partial charge in [-0.25, -0.2) is 4.68 Å². The fourth-order valence-corrected chi connectivity index (χ4v) is 3.12. The smallest absolute Gasteiger partial charge is 0.231 e. The molecule has 0 fully saturated rings. The molecule has 0 atom stereocenters. The zero-order valence-corrected chi connectivity index (χ0v) is 17.1. The first-order chi connectivity index (χ1) is 13.5. The van der Waals surface area contributed by atoms with Crippen molar-refractivity contribution in [1.29, 1.82) is 0 Å². The Morgan fingerprint density at radius 2 is 2.07 bits per heavy atom. The Morgan fingerprint density at radius 3 is 2.71 bits per heavy atom. The second-order valence-corrected chi connectivity index (χ2v) is 6.95. The third kappa shape index (κ3) is 5.33. The number of nitrogens with one attached hydrogen (secondary N) is 1. The molecule has 1 aromatic carbocycles. The lowest BCUT2D eigenvalue weighted by Gasteiger charge is -2.26. The van der Waals surface area contributed by atoms with E-state index in [9.17, 15) is 4.79 Å². The molecule has 2 rings (SSSR count). The third-order valence-corrected chi connectivity index (χ3v) is 5.28. The number of ether oxygens (including phenoxy) is 2. The van der Waals surface area contributed by atoms with Gasteiger partial charge in [-0.2, -0.15) is 0 Å². The van der Waals surface area contributed by atoms with Crippen LogP contribution in [0.25, 0.3) is 0 Å². The molecule has 1 amide bonds. The van der Waals surface area contributed by atoms with E-state index in [4.69, 9.17) is 21.7 Å². The highest BCUT2D eigenvalue weighted by Gasteiger charge is 2.25. The molecule has 0 saturated heterocycles. The molecule has 2 aromatic rings. The van der Waals surface area contributed by atoms with Gasteiger partial charge in [0.2, 0.25) is 11.1 Å². The highest BCUT2D eigenvalue weighted by atomic mass is 32.2. The van der Waals surface area contributed by atoms with Crippen molar-refractivity contribution in [2.75, 3.05) is 18.7 Å². The van der Waals surface area contributed by atoms with Gasteiger partial charge < -0.3 is 20.6 Å². The molecule has 0 radical (unpaired) electrons. The van der Waals surface area contributed by atoms with Gasteiger partial charge in [-0.05, 0) is 25.0 Å². The molecule has 0 unspecified atom stereocenters. The zero-order valence-electron chi connectivity index (χ0n) is 16.3. The summed E-state index contributed by atoms with van der Waals surface area (Å²) >= 11 is 1.18. The minimum atomic E-state index is -0.621. The molecule has 1 aromatic heterocycles. The molecule has 0 bridgehead atoms. The molecule has 0 aliphatic heterocycles. The largest absolute Gasteiger partial charge is 0.497 e. The second-order valence-electron chi connectivity index (χ2n) is 6.01. The number of nitrogens with zero attached hydrogens (tertiary/aromatic N) is 3. The highest BCUT2D eigenvalue weighted by molar-refractivity contribution is 7.99. The first-order valence-electron chi connectivity index (χ1n) is 8.84. The van der Waals surface area contributed by atoms with Crippen molar-refractivity contribution in [3.8, 4) is 23.8 Å². The summed E-state index contributed by atoms with van der Waals surface area (Å²) in [5.41, 5.74) is -0.621. The highest BCUT2D eigenvalue weighted by Crippen LogP contribution is 2.21. The van der Waals surface area contributed by atoms with Crippen LogP contribution >= 0.6 is 11.8 Å². The topological polar surface area (TPSA) is 104 Å². The standard InChI is InChI=1S/C19H25N5O3S/c1-5-19(6-2,7-3)21-17(25)13-28-18-23-22-16(24(18)20)12-27-15-10-8-9-14(11-15)26-4/h1,8-11H,6-7,12-13,20H2,2-4H3,(H,21,25). The number of hydrogen-bond donors (Lipinski definition) is 2. The minimum Gasteiger partial charge on any atom is -0.497 e. The number of nitrogens with two attached hydrogens (primary N) is 1. The van der Waals surface area contributed by atoms with Crippen LogP contribution in [0, 0.1) is 12.3 Å². The summed E-state index contributed by atoms with van der Waals surface area (Å²) in [6.07, 6.45) is 6.90. The number of terminal acetylenes is 1. The van der Waals surface area contributed by atoms with E-state index in [0.29, 0.717) is 35.3 Å². The Balaban J connectivity index is 1.92. The number of thioether (sulfide) groups is 1. The zero-order chi connectivity index (χ0) is 20.6. The molecule has 8 nitrogen and oxygen atoms in total. The number of carbonyl (C=O) groups excluding carboxylic acids is 1. The molecule has 1 heterocycles. The lowest BCUT2D eigenvalue weighted by molar-refractivity contribution is -0.119. The SMILES string of the molecule is C#CC(CC)(CC)NC(=O)CSc1nnc(COc2cccc(OC)c2)n1N. The van der Waals surface area contributed by atoms with Crippen molar-refractivity contribution < 1.29 is 14.3 Å². The Bertz CT molecular complexity index is 842. The van der Waals surface area contributed by atoms with Gasteiger partial charge in [0, 0.05) is 6.07 Å². The van der Waals surface area contributed by atoms with Gasteiger partial charge in [0.15, 0.2) is 5.82 Å². The van der Waals surface area contributed by atoms with Crippen molar-refractivity contribution >= 4 is 17.7 Å². The average Bonchev–Trinajstić information content (AvgIpc) is 3.08. The van der Waals surface area contributed by atoms with E-state index in [1.165, 1.54) is 16.4 Å². The summed E-state index contributed by atoms with van der Waals surface area (Å²) in [4.78, 5) is 12.2. The van der Waals surface area contributed by atoms with Crippen LogP contribution in [0.1, 0.15) is 32.5 Å². The maximum atomic E-state index is 12.2. The van der Waals surface area contributed by atoms with Gasteiger partial charge in [-0.15, -0.1) is 16.6 Å². The van der Waals surface area contributed by atoms with Crippen LogP contribution in [-0.4, -0.2) is 39.2 Å². The monoisotopic (exact) mass is 403 g/mol. The Labute approximate surface area is 169 Å². The maximum Gasteiger partial charge on any atom is 0.231 e. The number of nitrogen functional groups attached to an aromatic ring is 1. The number of hydrogen-bond acceptors (Lipinski definition) is 7. The van der Waals surface area contributed by atoms with Gasteiger partial charge in [-0.3, -0.25) is 4.79 Å². The van der Waals surface area contributed by atoms with Gasteiger partial charge in [0.25, 0.3) is 0 Å². The van der Waals surface area contributed by atoms with Crippen molar-refractivity contribution in [2.45, 2.75) is 44.0 Å². The average molecular weight is 404 g/mol. The Morgan fingerprint density at radius 1 is 1.36 bits per heavy atom. The van der Waals surface area contributed by atoms with Crippen molar-refractivity contribution in [1.82, 2.24) is 20.2 Å². The lowest BCUT2D eigenvalue weighted by Crippen LogP contribution is -2.47. The molecule has 9 heteroatoms. The number of benzene rings is 1. The van der Waals surface area contributed by atoms with Gasteiger partial charge in [0.1, 0.15) is 23.6 Å². The quantitative estimate of drug-likeness (QED) is 0.355. The predicted molar refractivity (Wildman–Crippen MR) is 109 cm³/mol. The van der Waals surface area contributed by atoms with Crippen LogP contribution in [-0.2, 0) is 11.4 Å². The molecular formula is C19H25N5O3S. The predicted octanol–water partition coefficient (Wildman–Crippen LogP) is 1.98. The minimum absolute atomic E-state index is 0.134. The van der Waals surface area contributed by atoms with Crippen LogP contribution in [0.3, 0.4) is 0 Å². The summed E-state index contributed by atoms with van der Waals surface area (Å²) in [5, 5.41) is 11.4. The van der Waals surface area contributed by atoms with E-state index in [0.717, 1.165) is 0 Å². The molecule has 0 spiro atoms. The van der Waals surface area contributed by atoms with Crippen LogP contribution < -0.4 is 20.6 Å². The van der Waals surface area contributed by atoms with E-state index in [-0.39, 0.29) is 18.3 Å². The van der Waals surface area contributed by atoms with Crippen LogP contribution in [0.4, 0.5) is 0 Å². The summed E-state index contributed by atoms with van der Waals surface area (Å²) < 4.78 is 12.1. The molecule has 3 N–H and O–H groups in total. The Kier molecular flexibility index (Phi) is 7.58.